The number of hydrogen-bond acceptors (Lipinski definition) is 2. The topological polar surface area (TPSA) is 45.2 Å². The Kier molecular flexibility index (Phi) is 4.59. The van der Waals surface area contributed by atoms with Crippen molar-refractivity contribution in [3.8, 4) is 0 Å². The number of carbonyl (C=O) groups excluding carboxylic acids is 1. The smallest absolute Gasteiger partial charge is 0.317 e. The fourth-order valence-corrected chi connectivity index (χ4v) is 2.67. The first-order valence-corrected chi connectivity index (χ1v) is 7.78. The van der Waals surface area contributed by atoms with Crippen LogP contribution < -0.4 is 5.32 Å². The van der Waals surface area contributed by atoms with Gasteiger partial charge in [0.05, 0.1) is 0 Å². The zero-order valence-corrected chi connectivity index (χ0v) is 13.0. The van der Waals surface area contributed by atoms with Gasteiger partial charge in [0.25, 0.3) is 0 Å². The number of aromatic nitrogens is 1. The van der Waals surface area contributed by atoms with Crippen molar-refractivity contribution in [1.29, 1.82) is 0 Å². The second-order valence-electron chi connectivity index (χ2n) is 5.46. The summed E-state index contributed by atoms with van der Waals surface area (Å²) < 4.78 is 0. The zero-order chi connectivity index (χ0) is 15.4. The zero-order valence-electron chi connectivity index (χ0n) is 12.2. The van der Waals surface area contributed by atoms with E-state index in [1.807, 2.05) is 47.4 Å². The molecule has 1 aromatic heterocycles. The van der Waals surface area contributed by atoms with Crippen molar-refractivity contribution >= 4 is 17.6 Å². The Bertz CT molecular complexity index is 624. The molecule has 0 saturated carbocycles. The highest BCUT2D eigenvalue weighted by atomic mass is 35.5. The van der Waals surface area contributed by atoms with Crippen LogP contribution in [0.4, 0.5) is 4.79 Å². The molecule has 5 heteroatoms. The summed E-state index contributed by atoms with van der Waals surface area (Å²) >= 11 is 5.88. The lowest BCUT2D eigenvalue weighted by Gasteiger charge is -2.39. The molecular weight excluding hydrogens is 298 g/mol. The maximum absolute atomic E-state index is 12.0. The van der Waals surface area contributed by atoms with E-state index in [9.17, 15) is 4.79 Å². The van der Waals surface area contributed by atoms with E-state index in [-0.39, 0.29) is 6.03 Å². The normalized spacial score (nSPS) is 14.5. The predicted molar refractivity (Wildman–Crippen MR) is 87.1 cm³/mol. The predicted octanol–water partition coefficient (Wildman–Crippen LogP) is 3.09. The first-order chi connectivity index (χ1) is 10.7. The summed E-state index contributed by atoms with van der Waals surface area (Å²) in [5.41, 5.74) is 2.23. The van der Waals surface area contributed by atoms with Crippen LogP contribution in [0.1, 0.15) is 17.2 Å². The third-order valence-corrected chi connectivity index (χ3v) is 4.15. The summed E-state index contributed by atoms with van der Waals surface area (Å²) in [5.74, 6) is 0.416. The molecule has 2 amide bonds. The van der Waals surface area contributed by atoms with Crippen molar-refractivity contribution in [3.63, 3.8) is 0 Å². The molecule has 0 aliphatic carbocycles. The third-order valence-electron chi connectivity index (χ3n) is 3.89. The molecule has 0 spiro atoms. The van der Waals surface area contributed by atoms with Gasteiger partial charge in [0.2, 0.25) is 0 Å². The molecule has 0 unspecified atom stereocenters. The molecule has 4 nitrogen and oxygen atoms in total. The van der Waals surface area contributed by atoms with E-state index in [2.05, 4.69) is 10.3 Å². The molecule has 22 heavy (non-hydrogen) atoms. The highest BCUT2D eigenvalue weighted by Crippen LogP contribution is 2.27. The average molecular weight is 316 g/mol. The summed E-state index contributed by atoms with van der Waals surface area (Å²) in [5, 5.41) is 3.68. The van der Waals surface area contributed by atoms with Gasteiger partial charge in [-0.3, -0.25) is 4.98 Å². The van der Waals surface area contributed by atoms with Crippen LogP contribution >= 0.6 is 11.6 Å². The number of benzene rings is 1. The van der Waals surface area contributed by atoms with Crippen molar-refractivity contribution in [2.24, 2.45) is 0 Å². The molecule has 0 bridgehead atoms. The number of nitrogens with zero attached hydrogens (tertiary/aromatic N) is 2. The lowest BCUT2D eigenvalue weighted by atomic mass is 9.92. The molecule has 0 atom stereocenters. The largest absolute Gasteiger partial charge is 0.338 e. The number of hydrogen-bond donors (Lipinski definition) is 1. The summed E-state index contributed by atoms with van der Waals surface area (Å²) in [4.78, 5) is 18.1. The van der Waals surface area contributed by atoms with Gasteiger partial charge in [-0.1, -0.05) is 29.8 Å². The highest BCUT2D eigenvalue weighted by molar-refractivity contribution is 6.30. The van der Waals surface area contributed by atoms with E-state index in [1.54, 1.807) is 6.20 Å². The molecule has 1 aliphatic heterocycles. The van der Waals surface area contributed by atoms with Gasteiger partial charge in [-0.2, -0.15) is 0 Å². The van der Waals surface area contributed by atoms with E-state index in [1.165, 1.54) is 5.56 Å². The molecule has 2 aromatic rings. The Morgan fingerprint density at radius 1 is 1.23 bits per heavy atom. The van der Waals surface area contributed by atoms with Crippen molar-refractivity contribution in [2.45, 2.75) is 12.3 Å². The van der Waals surface area contributed by atoms with E-state index in [0.29, 0.717) is 12.5 Å². The third kappa shape index (κ3) is 3.57. The SMILES string of the molecule is O=C(NCCc1ccccn1)N1CC(c2ccc(Cl)cc2)C1. The van der Waals surface area contributed by atoms with Crippen LogP contribution in [0.25, 0.3) is 0 Å². The molecule has 3 rings (SSSR count). The minimum atomic E-state index is 0.00106. The number of nitrogens with one attached hydrogen (secondary N) is 1. The summed E-state index contributed by atoms with van der Waals surface area (Å²) in [7, 11) is 0. The maximum Gasteiger partial charge on any atom is 0.317 e. The minimum absolute atomic E-state index is 0.00106. The van der Waals surface area contributed by atoms with E-state index in [0.717, 1.165) is 30.2 Å². The number of pyridine rings is 1. The minimum Gasteiger partial charge on any atom is -0.338 e. The molecule has 1 N–H and O–H groups in total. The number of amides is 2. The van der Waals surface area contributed by atoms with Crippen LogP contribution in [0.2, 0.25) is 5.02 Å². The van der Waals surface area contributed by atoms with Gasteiger partial charge in [0.1, 0.15) is 0 Å². The highest BCUT2D eigenvalue weighted by Gasteiger charge is 2.31. The maximum atomic E-state index is 12.0. The molecule has 1 aromatic carbocycles. The van der Waals surface area contributed by atoms with Crippen LogP contribution in [0.15, 0.2) is 48.7 Å². The van der Waals surface area contributed by atoms with Crippen LogP contribution in [0.5, 0.6) is 0 Å². The molecule has 114 valence electrons. The lowest BCUT2D eigenvalue weighted by molar-refractivity contribution is 0.151. The standard InChI is InChI=1S/C17H18ClN3O/c18-15-6-4-13(5-7-15)14-11-21(12-14)17(22)20-10-8-16-3-1-2-9-19-16/h1-7,9,14H,8,10-12H2,(H,20,22). The Morgan fingerprint density at radius 2 is 2.00 bits per heavy atom. The Labute approximate surface area is 135 Å². The molecule has 0 radical (unpaired) electrons. The van der Waals surface area contributed by atoms with Crippen LogP contribution in [0, 0.1) is 0 Å². The first kappa shape index (κ1) is 14.9. The van der Waals surface area contributed by atoms with Gasteiger partial charge in [-0.15, -0.1) is 0 Å². The summed E-state index contributed by atoms with van der Waals surface area (Å²) in [6.07, 6.45) is 2.52. The van der Waals surface area contributed by atoms with Crippen molar-refractivity contribution in [2.75, 3.05) is 19.6 Å². The van der Waals surface area contributed by atoms with E-state index < -0.39 is 0 Å². The van der Waals surface area contributed by atoms with Crippen molar-refractivity contribution < 1.29 is 4.79 Å². The number of carbonyl (C=O) groups is 1. The van der Waals surface area contributed by atoms with Gasteiger partial charge in [0, 0.05) is 48.9 Å². The molecular formula is C17H18ClN3O. The molecule has 1 aliphatic rings. The fraction of sp³-hybridized carbons (Fsp3) is 0.294. The van der Waals surface area contributed by atoms with Gasteiger partial charge >= 0.3 is 6.03 Å². The number of urea groups is 1. The van der Waals surface area contributed by atoms with Crippen LogP contribution in [-0.4, -0.2) is 35.5 Å². The average Bonchev–Trinajstić information content (AvgIpc) is 2.49. The van der Waals surface area contributed by atoms with Crippen LogP contribution in [-0.2, 0) is 6.42 Å². The van der Waals surface area contributed by atoms with Crippen molar-refractivity contribution in [1.82, 2.24) is 15.2 Å². The fourth-order valence-electron chi connectivity index (χ4n) is 2.55. The van der Waals surface area contributed by atoms with Gasteiger partial charge < -0.3 is 10.2 Å². The van der Waals surface area contributed by atoms with Crippen LogP contribution in [0.3, 0.4) is 0 Å². The molecule has 1 fully saturated rings. The van der Waals surface area contributed by atoms with Gasteiger partial charge in [0.15, 0.2) is 0 Å². The quantitative estimate of drug-likeness (QED) is 0.942. The van der Waals surface area contributed by atoms with E-state index in [4.69, 9.17) is 11.6 Å². The number of rotatable bonds is 4. The van der Waals surface area contributed by atoms with Gasteiger partial charge in [-0.05, 0) is 29.8 Å². The van der Waals surface area contributed by atoms with Gasteiger partial charge in [-0.25, -0.2) is 4.79 Å². The Morgan fingerprint density at radius 3 is 2.68 bits per heavy atom. The van der Waals surface area contributed by atoms with E-state index >= 15 is 0 Å². The summed E-state index contributed by atoms with van der Waals surface area (Å²) in [6.45, 7) is 2.13. The first-order valence-electron chi connectivity index (χ1n) is 7.40. The Hall–Kier alpha value is -2.07. The summed E-state index contributed by atoms with van der Waals surface area (Å²) in [6, 6.07) is 13.7. The molecule has 1 saturated heterocycles. The number of halogens is 1. The lowest BCUT2D eigenvalue weighted by Crippen LogP contribution is -2.52. The Balaban J connectivity index is 1.41. The number of likely N-dealkylation sites (tertiary alicyclic amines) is 1. The second-order valence-corrected chi connectivity index (χ2v) is 5.89. The second kappa shape index (κ2) is 6.79. The molecule has 2 heterocycles. The van der Waals surface area contributed by atoms with Crippen molar-refractivity contribution in [3.05, 3.63) is 64.9 Å². The monoisotopic (exact) mass is 315 g/mol.